The molecule has 18 heavy (non-hydrogen) atoms. The largest absolute Gasteiger partial charge is 0.355 e. The number of aromatic amines is 1. The zero-order chi connectivity index (χ0) is 12.5. The number of H-pyrrole nitrogens is 1. The Labute approximate surface area is 114 Å². The lowest BCUT2D eigenvalue weighted by atomic mass is 9.94. The van der Waals surface area contributed by atoms with Gasteiger partial charge >= 0.3 is 0 Å². The first-order chi connectivity index (χ1) is 8.75. The highest BCUT2D eigenvalue weighted by molar-refractivity contribution is 9.09. The van der Waals surface area contributed by atoms with Crippen molar-refractivity contribution >= 4 is 32.9 Å². The molecule has 1 atom stereocenters. The summed E-state index contributed by atoms with van der Waals surface area (Å²) in [4.78, 5) is 18.8. The Morgan fingerprint density at radius 1 is 1.33 bits per heavy atom. The number of rotatable bonds is 2. The van der Waals surface area contributed by atoms with Crippen LogP contribution in [0.4, 0.5) is 5.82 Å². The molecule has 1 saturated heterocycles. The molecular formula is C12H16BrN5. The second-order valence-electron chi connectivity index (χ2n) is 4.80. The van der Waals surface area contributed by atoms with Crippen LogP contribution in [0.15, 0.2) is 12.7 Å². The van der Waals surface area contributed by atoms with Gasteiger partial charge in [0.05, 0.1) is 6.33 Å². The van der Waals surface area contributed by atoms with Crippen LogP contribution in [0.5, 0.6) is 0 Å². The highest BCUT2D eigenvalue weighted by Gasteiger charge is 2.24. The minimum Gasteiger partial charge on any atom is -0.355 e. The van der Waals surface area contributed by atoms with E-state index in [4.69, 9.17) is 0 Å². The lowest BCUT2D eigenvalue weighted by Gasteiger charge is -2.34. The number of aromatic nitrogens is 4. The van der Waals surface area contributed by atoms with Gasteiger partial charge in [-0.2, -0.15) is 0 Å². The molecule has 1 aliphatic heterocycles. The summed E-state index contributed by atoms with van der Waals surface area (Å²) in [7, 11) is 0. The smallest absolute Gasteiger partial charge is 0.182 e. The van der Waals surface area contributed by atoms with Crippen molar-refractivity contribution in [2.45, 2.75) is 24.6 Å². The molecule has 1 unspecified atom stereocenters. The van der Waals surface area contributed by atoms with Crippen LogP contribution in [0, 0.1) is 5.92 Å². The van der Waals surface area contributed by atoms with Crippen LogP contribution in [0.3, 0.4) is 0 Å². The van der Waals surface area contributed by atoms with E-state index in [0.717, 1.165) is 36.0 Å². The van der Waals surface area contributed by atoms with Crippen molar-refractivity contribution in [3.05, 3.63) is 12.7 Å². The molecular weight excluding hydrogens is 294 g/mol. The van der Waals surface area contributed by atoms with Gasteiger partial charge < -0.3 is 9.88 Å². The van der Waals surface area contributed by atoms with E-state index in [1.165, 1.54) is 12.8 Å². The number of imidazole rings is 1. The monoisotopic (exact) mass is 309 g/mol. The highest BCUT2D eigenvalue weighted by Crippen LogP contribution is 2.29. The summed E-state index contributed by atoms with van der Waals surface area (Å²) in [6.45, 7) is 4.33. The van der Waals surface area contributed by atoms with Crippen molar-refractivity contribution in [3.8, 4) is 0 Å². The minimum atomic E-state index is 0.595. The topological polar surface area (TPSA) is 57.7 Å². The zero-order valence-corrected chi connectivity index (χ0v) is 11.9. The summed E-state index contributed by atoms with van der Waals surface area (Å²) >= 11 is 3.69. The summed E-state index contributed by atoms with van der Waals surface area (Å²) in [6, 6.07) is 0. The van der Waals surface area contributed by atoms with Crippen molar-refractivity contribution in [1.29, 1.82) is 0 Å². The SMILES string of the molecule is CC(Br)C1CCN(c2ncnc3nc[nH]c23)CC1. The Morgan fingerprint density at radius 3 is 2.83 bits per heavy atom. The lowest BCUT2D eigenvalue weighted by molar-refractivity contribution is 0.406. The van der Waals surface area contributed by atoms with Crippen LogP contribution in [0.25, 0.3) is 11.2 Å². The molecule has 1 fully saturated rings. The van der Waals surface area contributed by atoms with Gasteiger partial charge in [0.2, 0.25) is 0 Å². The number of fused-ring (bicyclic) bond motifs is 1. The fraction of sp³-hybridized carbons (Fsp3) is 0.583. The molecule has 1 N–H and O–H groups in total. The first kappa shape index (κ1) is 11.9. The Balaban J connectivity index is 1.82. The van der Waals surface area contributed by atoms with Crippen LogP contribution in [0.2, 0.25) is 0 Å². The first-order valence-electron chi connectivity index (χ1n) is 6.29. The summed E-state index contributed by atoms with van der Waals surface area (Å²) < 4.78 is 0. The van der Waals surface area contributed by atoms with Gasteiger partial charge in [-0.3, -0.25) is 0 Å². The standard InChI is InChI=1S/C12H16BrN5/c1-8(13)9-2-4-18(5-3-9)12-10-11(15-6-14-10)16-7-17-12/h6-9H,2-5H2,1H3,(H,14,15,16,17). The average molecular weight is 310 g/mol. The molecule has 3 heterocycles. The third-order valence-corrected chi connectivity index (χ3v) is 4.44. The van der Waals surface area contributed by atoms with E-state index in [1.807, 2.05) is 0 Å². The third-order valence-electron chi connectivity index (χ3n) is 3.69. The number of hydrogen-bond acceptors (Lipinski definition) is 4. The number of hydrogen-bond donors (Lipinski definition) is 1. The van der Waals surface area contributed by atoms with Crippen LogP contribution in [0.1, 0.15) is 19.8 Å². The molecule has 0 saturated carbocycles. The van der Waals surface area contributed by atoms with E-state index in [-0.39, 0.29) is 0 Å². The van der Waals surface area contributed by atoms with Gasteiger partial charge in [-0.05, 0) is 18.8 Å². The zero-order valence-electron chi connectivity index (χ0n) is 10.3. The normalized spacial score (nSPS) is 19.3. The maximum Gasteiger partial charge on any atom is 0.182 e. The van der Waals surface area contributed by atoms with Crippen LogP contribution < -0.4 is 4.90 Å². The molecule has 0 aromatic carbocycles. The van der Waals surface area contributed by atoms with Gasteiger partial charge in [0, 0.05) is 17.9 Å². The molecule has 6 heteroatoms. The molecule has 96 valence electrons. The van der Waals surface area contributed by atoms with Crippen molar-refractivity contribution in [2.75, 3.05) is 18.0 Å². The van der Waals surface area contributed by atoms with E-state index in [1.54, 1.807) is 12.7 Å². The number of nitrogens with zero attached hydrogens (tertiary/aromatic N) is 4. The van der Waals surface area contributed by atoms with Crippen molar-refractivity contribution in [1.82, 2.24) is 19.9 Å². The summed E-state index contributed by atoms with van der Waals surface area (Å²) in [5.41, 5.74) is 1.69. The predicted octanol–water partition coefficient (Wildman–Crippen LogP) is 2.35. The lowest BCUT2D eigenvalue weighted by Crippen LogP contribution is -2.36. The third kappa shape index (κ3) is 2.09. The van der Waals surface area contributed by atoms with E-state index in [9.17, 15) is 0 Å². The first-order valence-corrected chi connectivity index (χ1v) is 7.20. The maximum atomic E-state index is 4.40. The van der Waals surface area contributed by atoms with Crippen LogP contribution in [-0.4, -0.2) is 37.9 Å². The molecule has 5 nitrogen and oxygen atoms in total. The van der Waals surface area contributed by atoms with Crippen molar-refractivity contribution in [2.24, 2.45) is 5.92 Å². The Kier molecular flexibility index (Phi) is 3.20. The minimum absolute atomic E-state index is 0.595. The van der Waals surface area contributed by atoms with Gasteiger partial charge in [-0.15, -0.1) is 0 Å². The predicted molar refractivity (Wildman–Crippen MR) is 75.0 cm³/mol. The van der Waals surface area contributed by atoms with Gasteiger partial charge in [0.15, 0.2) is 11.5 Å². The van der Waals surface area contributed by atoms with E-state index >= 15 is 0 Å². The average Bonchev–Trinajstić information content (AvgIpc) is 2.87. The Bertz CT molecular complexity index is 530. The number of alkyl halides is 1. The Morgan fingerprint density at radius 2 is 2.11 bits per heavy atom. The molecule has 0 amide bonds. The second kappa shape index (κ2) is 4.84. The number of piperidine rings is 1. The number of anilines is 1. The molecule has 0 spiro atoms. The molecule has 2 aromatic heterocycles. The maximum absolute atomic E-state index is 4.40. The van der Waals surface area contributed by atoms with Gasteiger partial charge in [-0.1, -0.05) is 22.9 Å². The quantitative estimate of drug-likeness (QED) is 0.865. The van der Waals surface area contributed by atoms with Gasteiger partial charge in [0.1, 0.15) is 11.8 Å². The number of nitrogens with one attached hydrogen (secondary N) is 1. The number of halogens is 1. The van der Waals surface area contributed by atoms with Gasteiger partial charge in [0.25, 0.3) is 0 Å². The fourth-order valence-corrected chi connectivity index (χ4v) is 3.09. The molecule has 0 radical (unpaired) electrons. The molecule has 1 aliphatic rings. The van der Waals surface area contributed by atoms with Gasteiger partial charge in [-0.25, -0.2) is 15.0 Å². The summed E-state index contributed by atoms with van der Waals surface area (Å²) in [5.74, 6) is 1.75. The molecule has 0 aliphatic carbocycles. The summed E-state index contributed by atoms with van der Waals surface area (Å²) in [5, 5.41) is 0. The highest BCUT2D eigenvalue weighted by atomic mass is 79.9. The summed E-state index contributed by atoms with van der Waals surface area (Å²) in [6.07, 6.45) is 5.67. The molecule has 3 rings (SSSR count). The van der Waals surface area contributed by atoms with Crippen molar-refractivity contribution < 1.29 is 0 Å². The van der Waals surface area contributed by atoms with E-state index < -0.39 is 0 Å². The molecule has 0 bridgehead atoms. The van der Waals surface area contributed by atoms with E-state index in [0.29, 0.717) is 4.83 Å². The Hall–Kier alpha value is -1.17. The fourth-order valence-electron chi connectivity index (χ4n) is 2.56. The van der Waals surface area contributed by atoms with Crippen molar-refractivity contribution in [3.63, 3.8) is 0 Å². The van der Waals surface area contributed by atoms with Crippen LogP contribution >= 0.6 is 15.9 Å². The van der Waals surface area contributed by atoms with Crippen LogP contribution in [-0.2, 0) is 0 Å². The second-order valence-corrected chi connectivity index (χ2v) is 6.24. The molecule has 2 aromatic rings. The van der Waals surface area contributed by atoms with E-state index in [2.05, 4.69) is 47.7 Å².